The number of rotatable bonds is 2. The maximum absolute atomic E-state index is 13.1. The van der Waals surface area contributed by atoms with Crippen molar-refractivity contribution in [2.45, 2.75) is 13.0 Å². The van der Waals surface area contributed by atoms with Crippen LogP contribution in [0.2, 0.25) is 5.02 Å². The molecule has 0 radical (unpaired) electrons. The van der Waals surface area contributed by atoms with E-state index in [1.807, 2.05) is 6.92 Å². The lowest BCUT2D eigenvalue weighted by Crippen LogP contribution is -2.33. The van der Waals surface area contributed by atoms with Crippen molar-refractivity contribution in [2.75, 3.05) is 6.54 Å². The number of likely N-dealkylation sites (N-methyl/N-ethyl adjacent to an activating group) is 1. The number of aliphatic imine (C=N–C) groups is 1. The zero-order valence-corrected chi connectivity index (χ0v) is 9.91. The molecule has 0 spiro atoms. The van der Waals surface area contributed by atoms with Gasteiger partial charge in [0.2, 0.25) is 0 Å². The number of hydrogen-bond acceptors (Lipinski definition) is 2. The highest BCUT2D eigenvalue weighted by Gasteiger charge is 2.33. The fraction of sp³-hybridized carbons (Fsp3) is 0.273. The van der Waals surface area contributed by atoms with Gasteiger partial charge in [0.25, 0.3) is 0 Å². The van der Waals surface area contributed by atoms with E-state index in [9.17, 15) is 9.18 Å². The van der Waals surface area contributed by atoms with Crippen LogP contribution in [0.5, 0.6) is 0 Å². The fourth-order valence-corrected chi connectivity index (χ4v) is 2.05. The van der Waals surface area contributed by atoms with E-state index < -0.39 is 11.9 Å². The number of amides is 2. The van der Waals surface area contributed by atoms with Gasteiger partial charge in [0.05, 0.1) is 5.02 Å². The topological polar surface area (TPSA) is 58.7 Å². The number of halogens is 2. The van der Waals surface area contributed by atoms with Crippen LogP contribution in [0.15, 0.2) is 23.2 Å². The zero-order valence-electron chi connectivity index (χ0n) is 9.15. The monoisotopic (exact) mass is 255 g/mol. The van der Waals surface area contributed by atoms with E-state index in [1.165, 1.54) is 17.0 Å². The van der Waals surface area contributed by atoms with Crippen molar-refractivity contribution in [3.8, 4) is 0 Å². The van der Waals surface area contributed by atoms with Gasteiger partial charge in [0, 0.05) is 6.54 Å². The molecule has 6 heteroatoms. The number of nitrogens with two attached hydrogens (primary N) is 1. The molecule has 1 aliphatic rings. The summed E-state index contributed by atoms with van der Waals surface area (Å²) in [5, 5.41) is 0.00528. The molecule has 2 N–H and O–H groups in total. The molecule has 1 unspecified atom stereocenters. The second kappa shape index (κ2) is 4.33. The smallest absolute Gasteiger partial charge is 0.346 e. The molecular weight excluding hydrogens is 245 g/mol. The number of amidine groups is 1. The van der Waals surface area contributed by atoms with E-state index in [1.54, 1.807) is 6.07 Å². The fourth-order valence-electron chi connectivity index (χ4n) is 1.86. The van der Waals surface area contributed by atoms with Crippen molar-refractivity contribution in [3.63, 3.8) is 0 Å². The number of nitrogens with zero attached hydrogens (tertiary/aromatic N) is 2. The Balaban J connectivity index is 2.42. The summed E-state index contributed by atoms with van der Waals surface area (Å²) in [6.45, 7) is 2.30. The van der Waals surface area contributed by atoms with Crippen molar-refractivity contribution >= 4 is 23.5 Å². The number of carbonyl (C=O) groups is 1. The summed E-state index contributed by atoms with van der Waals surface area (Å²) < 4.78 is 13.1. The molecule has 90 valence electrons. The molecule has 0 saturated heterocycles. The second-order valence-corrected chi connectivity index (χ2v) is 4.09. The zero-order chi connectivity index (χ0) is 12.6. The Bertz CT molecular complexity index is 503. The molecule has 0 aliphatic carbocycles. The van der Waals surface area contributed by atoms with Gasteiger partial charge >= 0.3 is 6.03 Å². The Hall–Kier alpha value is -1.62. The number of carbonyl (C=O) groups excluding carboxylic acids is 1. The van der Waals surface area contributed by atoms with Gasteiger partial charge in [0.1, 0.15) is 17.7 Å². The van der Waals surface area contributed by atoms with Crippen LogP contribution in [0.25, 0.3) is 0 Å². The summed E-state index contributed by atoms with van der Waals surface area (Å²) in [6.07, 6.45) is 0. The van der Waals surface area contributed by atoms with E-state index in [0.29, 0.717) is 12.1 Å². The summed E-state index contributed by atoms with van der Waals surface area (Å²) in [4.78, 5) is 16.7. The van der Waals surface area contributed by atoms with Crippen molar-refractivity contribution < 1.29 is 9.18 Å². The highest BCUT2D eigenvalue weighted by atomic mass is 35.5. The van der Waals surface area contributed by atoms with Crippen LogP contribution in [0.4, 0.5) is 9.18 Å². The van der Waals surface area contributed by atoms with Crippen LogP contribution >= 0.6 is 11.6 Å². The molecular formula is C11H11ClFN3O. The molecule has 0 bridgehead atoms. The number of hydrogen-bond donors (Lipinski definition) is 1. The quantitative estimate of drug-likeness (QED) is 0.882. The van der Waals surface area contributed by atoms with Crippen LogP contribution in [-0.2, 0) is 0 Å². The average Bonchev–Trinajstić information content (AvgIpc) is 2.57. The first-order valence-corrected chi connectivity index (χ1v) is 5.52. The van der Waals surface area contributed by atoms with E-state index in [4.69, 9.17) is 17.3 Å². The van der Waals surface area contributed by atoms with E-state index in [2.05, 4.69) is 4.99 Å². The first-order valence-electron chi connectivity index (χ1n) is 5.14. The maximum atomic E-state index is 13.1. The highest BCUT2D eigenvalue weighted by molar-refractivity contribution is 6.30. The molecule has 17 heavy (non-hydrogen) atoms. The SMILES string of the molecule is CCN1C(=O)N=C(N)C1c1ccc(F)c(Cl)c1. The minimum Gasteiger partial charge on any atom is -0.385 e. The van der Waals surface area contributed by atoms with Crippen LogP contribution in [0.1, 0.15) is 18.5 Å². The largest absolute Gasteiger partial charge is 0.385 e. The summed E-state index contributed by atoms with van der Waals surface area (Å²) in [5.41, 5.74) is 6.36. The number of benzene rings is 1. The molecule has 1 atom stereocenters. The highest BCUT2D eigenvalue weighted by Crippen LogP contribution is 2.29. The third-order valence-corrected chi connectivity index (χ3v) is 2.95. The maximum Gasteiger partial charge on any atom is 0.346 e. The minimum atomic E-state index is -0.502. The van der Waals surface area contributed by atoms with Gasteiger partial charge in [-0.2, -0.15) is 4.99 Å². The van der Waals surface area contributed by atoms with Crippen LogP contribution in [-0.4, -0.2) is 23.3 Å². The Morgan fingerprint density at radius 1 is 1.59 bits per heavy atom. The van der Waals surface area contributed by atoms with Gasteiger partial charge in [-0.25, -0.2) is 9.18 Å². The predicted octanol–water partition coefficient (Wildman–Crippen LogP) is 2.33. The molecule has 1 aromatic rings. The van der Waals surface area contributed by atoms with Gasteiger partial charge in [-0.05, 0) is 24.6 Å². The molecule has 1 aromatic carbocycles. The van der Waals surface area contributed by atoms with Crippen molar-refractivity contribution in [1.29, 1.82) is 0 Å². The normalized spacial score (nSPS) is 19.7. The summed E-state index contributed by atoms with van der Waals surface area (Å²) in [5.74, 6) is -0.294. The minimum absolute atomic E-state index is 0.00528. The molecule has 2 rings (SSSR count). The van der Waals surface area contributed by atoms with Crippen LogP contribution in [0.3, 0.4) is 0 Å². The second-order valence-electron chi connectivity index (χ2n) is 3.68. The Morgan fingerprint density at radius 2 is 2.29 bits per heavy atom. The molecule has 0 aromatic heterocycles. The van der Waals surface area contributed by atoms with Crippen molar-refractivity contribution in [3.05, 3.63) is 34.6 Å². The van der Waals surface area contributed by atoms with Gasteiger partial charge in [-0.3, -0.25) is 0 Å². The molecule has 2 amide bonds. The van der Waals surface area contributed by atoms with E-state index >= 15 is 0 Å². The lowest BCUT2D eigenvalue weighted by molar-refractivity contribution is 0.210. The first kappa shape index (κ1) is 11.9. The van der Waals surface area contributed by atoms with Crippen LogP contribution in [0, 0.1) is 5.82 Å². The van der Waals surface area contributed by atoms with Gasteiger partial charge in [-0.15, -0.1) is 0 Å². The number of urea groups is 1. The Morgan fingerprint density at radius 3 is 2.88 bits per heavy atom. The average molecular weight is 256 g/mol. The predicted molar refractivity (Wildman–Crippen MR) is 63.5 cm³/mol. The molecule has 0 fully saturated rings. The molecule has 4 nitrogen and oxygen atoms in total. The van der Waals surface area contributed by atoms with Crippen molar-refractivity contribution in [1.82, 2.24) is 4.90 Å². The third kappa shape index (κ3) is 1.98. The molecule has 1 aliphatic heterocycles. The van der Waals surface area contributed by atoms with E-state index in [-0.39, 0.29) is 16.9 Å². The first-order chi connectivity index (χ1) is 8.04. The van der Waals surface area contributed by atoms with Crippen LogP contribution < -0.4 is 5.73 Å². The Labute approximate surface area is 103 Å². The standard InChI is InChI=1S/C11H11ClFN3O/c1-2-16-9(10(14)15-11(16)17)6-3-4-8(13)7(12)5-6/h3-5,9H,2H2,1H3,(H2,14,15,17). The van der Waals surface area contributed by atoms with Gasteiger partial charge in [-0.1, -0.05) is 17.7 Å². The summed E-state index contributed by atoms with van der Waals surface area (Å²) in [7, 11) is 0. The lowest BCUT2D eigenvalue weighted by Gasteiger charge is -2.23. The lowest BCUT2D eigenvalue weighted by atomic mass is 10.1. The summed E-state index contributed by atoms with van der Waals surface area (Å²) >= 11 is 5.71. The van der Waals surface area contributed by atoms with E-state index in [0.717, 1.165) is 0 Å². The molecule has 1 heterocycles. The Kier molecular flexibility index (Phi) is 3.02. The van der Waals surface area contributed by atoms with Gasteiger partial charge < -0.3 is 10.6 Å². The third-order valence-electron chi connectivity index (χ3n) is 2.66. The van der Waals surface area contributed by atoms with Gasteiger partial charge in [0.15, 0.2) is 0 Å². The van der Waals surface area contributed by atoms with Crippen molar-refractivity contribution in [2.24, 2.45) is 10.7 Å². The summed E-state index contributed by atoms with van der Waals surface area (Å²) in [6, 6.07) is 3.43. The molecule has 0 saturated carbocycles.